The summed E-state index contributed by atoms with van der Waals surface area (Å²) in [4.78, 5) is 41.8. The van der Waals surface area contributed by atoms with E-state index in [9.17, 15) is 18.0 Å². The molecule has 1 aromatic carbocycles. The molecule has 2 amide bonds. The molecule has 0 aliphatic carbocycles. The van der Waals surface area contributed by atoms with Gasteiger partial charge in [-0.2, -0.15) is 0 Å². The van der Waals surface area contributed by atoms with Crippen molar-refractivity contribution in [2.45, 2.75) is 25.4 Å². The number of rotatable bonds is 9. The Morgan fingerprint density at radius 3 is 2.14 bits per heavy atom. The summed E-state index contributed by atoms with van der Waals surface area (Å²) in [6.45, 7) is 7.77. The Kier molecular flexibility index (Phi) is 9.06. The van der Waals surface area contributed by atoms with Crippen molar-refractivity contribution in [3.63, 3.8) is 0 Å². The highest BCUT2D eigenvalue weighted by Gasteiger charge is 2.36. The Labute approximate surface area is 297 Å². The number of amides is 2. The lowest BCUT2D eigenvalue weighted by Crippen LogP contribution is -2.62. The van der Waals surface area contributed by atoms with Gasteiger partial charge in [0.1, 0.15) is 11.2 Å². The maximum absolute atomic E-state index is 13.4. The van der Waals surface area contributed by atoms with Gasteiger partial charge in [0.2, 0.25) is 10.0 Å². The number of likely N-dealkylation sites (N-methyl/N-ethyl adjacent to an activating group) is 1. The van der Waals surface area contributed by atoms with E-state index in [2.05, 4.69) is 26.6 Å². The van der Waals surface area contributed by atoms with Gasteiger partial charge in [-0.3, -0.25) is 19.5 Å². The average Bonchev–Trinajstić information content (AvgIpc) is 3.56. The number of carbonyl (C=O) groups excluding carboxylic acids is 1. The fraction of sp³-hybridized carbons (Fsp3) is 0.351. The summed E-state index contributed by atoms with van der Waals surface area (Å²) in [5.74, 6) is -0.0946. The van der Waals surface area contributed by atoms with Crippen LogP contribution in [0.2, 0.25) is 0 Å². The van der Waals surface area contributed by atoms with Crippen LogP contribution >= 0.6 is 0 Å². The Balaban J connectivity index is 1.28. The summed E-state index contributed by atoms with van der Waals surface area (Å²) in [6, 6.07) is 19.0. The smallest absolute Gasteiger partial charge is 0.320 e. The zero-order chi connectivity index (χ0) is 35.9. The van der Waals surface area contributed by atoms with E-state index in [1.165, 1.54) is 4.57 Å². The zero-order valence-corrected chi connectivity index (χ0v) is 30.1. The van der Waals surface area contributed by atoms with Crippen molar-refractivity contribution in [3.05, 3.63) is 107 Å². The summed E-state index contributed by atoms with van der Waals surface area (Å²) < 4.78 is 32.4. The molecule has 2 aliphatic heterocycles. The highest BCUT2D eigenvalue weighted by molar-refractivity contribution is 7.92. The van der Waals surface area contributed by atoms with E-state index in [-0.39, 0.29) is 23.4 Å². The van der Waals surface area contributed by atoms with Gasteiger partial charge < -0.3 is 29.2 Å². The van der Waals surface area contributed by atoms with Gasteiger partial charge in [-0.05, 0) is 75.0 Å². The number of hydrogen-bond donors (Lipinski definition) is 2. The molecule has 266 valence electrons. The van der Waals surface area contributed by atoms with Gasteiger partial charge in [0.05, 0.1) is 34.4 Å². The molecule has 2 fully saturated rings. The zero-order valence-electron chi connectivity index (χ0n) is 29.3. The van der Waals surface area contributed by atoms with E-state index in [1.54, 1.807) is 38.6 Å². The fourth-order valence-electron chi connectivity index (χ4n) is 6.92. The SMILES string of the molecule is CCS(=O)(=O)Nc1cc(-c2cc(NC3CN(C(=O)N4CCN(C)CC4)C3)c(=O)n(C)c2)cc2c1ccn2C(C)(c1ccccn1)c1ccccn1. The molecule has 2 N–H and O–H groups in total. The van der Waals surface area contributed by atoms with Gasteiger partial charge >= 0.3 is 6.03 Å². The predicted molar refractivity (Wildman–Crippen MR) is 199 cm³/mol. The Morgan fingerprint density at radius 1 is 0.882 bits per heavy atom. The molecule has 2 saturated heterocycles. The second-order valence-electron chi connectivity index (χ2n) is 13.5. The minimum absolute atomic E-state index is 0.0320. The maximum atomic E-state index is 13.4. The number of piperazine rings is 1. The summed E-state index contributed by atoms with van der Waals surface area (Å²) in [7, 11) is 0.113. The van der Waals surface area contributed by atoms with Crippen LogP contribution in [-0.4, -0.2) is 106 Å². The van der Waals surface area contributed by atoms with Gasteiger partial charge in [0.25, 0.3) is 5.56 Å². The molecule has 0 atom stereocenters. The number of nitrogens with one attached hydrogen (secondary N) is 2. The number of carbonyl (C=O) groups is 1. The number of aromatic nitrogens is 4. The monoisotopic (exact) mass is 709 g/mol. The molecule has 7 rings (SSSR count). The number of sulfonamides is 1. The second kappa shape index (κ2) is 13.5. The number of benzene rings is 1. The minimum Gasteiger partial charge on any atom is -0.374 e. The molecule has 0 spiro atoms. The number of urea groups is 1. The van der Waals surface area contributed by atoms with Crippen molar-refractivity contribution in [1.82, 2.24) is 33.8 Å². The highest BCUT2D eigenvalue weighted by Crippen LogP contribution is 2.39. The number of fused-ring (bicyclic) bond motifs is 1. The third-order valence-electron chi connectivity index (χ3n) is 10.1. The predicted octanol–water partition coefficient (Wildman–Crippen LogP) is 3.83. The number of pyridine rings is 3. The van der Waals surface area contributed by atoms with Crippen LogP contribution in [0.25, 0.3) is 22.0 Å². The quantitative estimate of drug-likeness (QED) is 0.236. The number of hydrogen-bond acceptors (Lipinski definition) is 8. The van der Waals surface area contributed by atoms with Gasteiger partial charge in [-0.1, -0.05) is 12.1 Å². The first-order valence-corrected chi connectivity index (χ1v) is 18.8. The Bertz CT molecular complexity index is 2190. The lowest BCUT2D eigenvalue weighted by molar-refractivity contribution is 0.0981. The molecule has 0 bridgehead atoms. The molecule has 0 unspecified atom stereocenters. The van der Waals surface area contributed by atoms with Crippen LogP contribution in [0, 0.1) is 0 Å². The minimum atomic E-state index is -3.64. The van der Waals surface area contributed by atoms with Gasteiger partial charge in [0.15, 0.2) is 0 Å². The second-order valence-corrected chi connectivity index (χ2v) is 15.5. The van der Waals surface area contributed by atoms with Gasteiger partial charge in [0, 0.05) is 82.1 Å². The third-order valence-corrected chi connectivity index (χ3v) is 11.4. The van der Waals surface area contributed by atoms with Crippen LogP contribution in [0.15, 0.2) is 90.2 Å². The maximum Gasteiger partial charge on any atom is 0.320 e. The Morgan fingerprint density at radius 2 is 1.53 bits per heavy atom. The van der Waals surface area contributed by atoms with Gasteiger partial charge in [-0.25, -0.2) is 13.2 Å². The summed E-state index contributed by atoms with van der Waals surface area (Å²) in [6.07, 6.45) is 7.18. The molecule has 4 aromatic heterocycles. The number of aryl methyl sites for hydroxylation is 1. The van der Waals surface area contributed by atoms with E-state index >= 15 is 0 Å². The molecule has 14 heteroatoms. The number of likely N-dealkylation sites (tertiary alicyclic amines) is 1. The van der Waals surface area contributed by atoms with E-state index in [0.29, 0.717) is 54.1 Å². The van der Waals surface area contributed by atoms with Crippen molar-refractivity contribution in [2.24, 2.45) is 7.05 Å². The largest absolute Gasteiger partial charge is 0.374 e. The van der Waals surface area contributed by atoms with Crippen molar-refractivity contribution >= 4 is 38.3 Å². The summed E-state index contributed by atoms with van der Waals surface area (Å²) in [5, 5.41) is 4.08. The van der Waals surface area contributed by atoms with Crippen LogP contribution in [0.4, 0.5) is 16.2 Å². The van der Waals surface area contributed by atoms with E-state index in [4.69, 9.17) is 9.97 Å². The lowest BCUT2D eigenvalue weighted by atomic mass is 9.91. The van der Waals surface area contributed by atoms with E-state index in [0.717, 1.165) is 30.0 Å². The summed E-state index contributed by atoms with van der Waals surface area (Å²) >= 11 is 0. The van der Waals surface area contributed by atoms with Crippen molar-refractivity contribution in [3.8, 4) is 11.1 Å². The van der Waals surface area contributed by atoms with Crippen LogP contribution in [-0.2, 0) is 22.6 Å². The molecule has 2 aliphatic rings. The van der Waals surface area contributed by atoms with Crippen LogP contribution < -0.4 is 15.6 Å². The first-order valence-electron chi connectivity index (χ1n) is 17.2. The number of anilines is 2. The fourth-order valence-corrected chi connectivity index (χ4v) is 7.57. The van der Waals surface area contributed by atoms with Crippen LogP contribution in [0.3, 0.4) is 0 Å². The van der Waals surface area contributed by atoms with Gasteiger partial charge in [-0.15, -0.1) is 0 Å². The molecule has 5 aromatic rings. The van der Waals surface area contributed by atoms with Crippen molar-refractivity contribution in [2.75, 3.05) is 62.1 Å². The molecule has 0 radical (unpaired) electrons. The molecule has 51 heavy (non-hydrogen) atoms. The highest BCUT2D eigenvalue weighted by atomic mass is 32.2. The first kappa shape index (κ1) is 34.2. The van der Waals surface area contributed by atoms with Crippen molar-refractivity contribution < 1.29 is 13.2 Å². The molecule has 0 saturated carbocycles. The van der Waals surface area contributed by atoms with E-state index < -0.39 is 15.6 Å². The van der Waals surface area contributed by atoms with Crippen molar-refractivity contribution in [1.29, 1.82) is 0 Å². The standard InChI is InChI=1S/C37H43N9O4S/c1-5-51(49,50)41-30-20-26(22-32-29(30)12-15-46(32)37(2,33-10-6-8-13-38-33)34-11-7-9-14-39-34)27-21-31(35(47)43(4)23-27)40-28-24-45(25-28)36(48)44-18-16-42(3)17-19-44/h6-15,20-23,28,40-41H,5,16-19,24-25H2,1-4H3. The first-order chi connectivity index (χ1) is 24.5. The Hall–Kier alpha value is -5.21. The summed E-state index contributed by atoms with van der Waals surface area (Å²) in [5.41, 5.74) is 3.47. The topological polar surface area (TPSA) is 138 Å². The van der Waals surface area contributed by atoms with Crippen LogP contribution in [0.1, 0.15) is 25.2 Å². The molecule has 6 heterocycles. The lowest BCUT2D eigenvalue weighted by Gasteiger charge is -2.44. The third kappa shape index (κ3) is 6.56. The molecular weight excluding hydrogens is 667 g/mol. The normalized spacial score (nSPS) is 15.9. The average molecular weight is 710 g/mol. The number of nitrogens with zero attached hydrogens (tertiary/aromatic N) is 7. The molecule has 13 nitrogen and oxygen atoms in total. The van der Waals surface area contributed by atoms with E-state index in [1.807, 2.05) is 77.5 Å². The van der Waals surface area contributed by atoms with Crippen LogP contribution in [0.5, 0.6) is 0 Å². The molecular formula is C37H43N9O4S.